The van der Waals surface area contributed by atoms with Crippen molar-refractivity contribution in [2.24, 2.45) is 0 Å². The second-order valence-corrected chi connectivity index (χ2v) is 3.92. The first-order valence-corrected chi connectivity index (χ1v) is 5.65. The molecule has 0 spiro atoms. The zero-order valence-electron chi connectivity index (χ0n) is 9.05. The number of methoxy groups -OCH3 is 1. The minimum Gasteiger partial charge on any atom is -0.480 e. The number of nitrogens with zero attached hydrogens (tertiary/aromatic N) is 4. The van der Waals surface area contributed by atoms with E-state index in [1.807, 2.05) is 0 Å². The number of hydrogen-bond donors (Lipinski definition) is 1. The summed E-state index contributed by atoms with van der Waals surface area (Å²) in [5.41, 5.74) is 0. The van der Waals surface area contributed by atoms with E-state index in [2.05, 4.69) is 41.4 Å². The number of hydrogen-bond acceptors (Lipinski definition) is 7. The van der Waals surface area contributed by atoms with Crippen LogP contribution in [0, 0.1) is 0 Å². The van der Waals surface area contributed by atoms with Crippen molar-refractivity contribution in [2.75, 3.05) is 19.0 Å². The topological polar surface area (TPSA) is 86.0 Å². The van der Waals surface area contributed by atoms with Crippen molar-refractivity contribution < 1.29 is 9.26 Å². The number of halogens is 1. The summed E-state index contributed by atoms with van der Waals surface area (Å²) in [6.07, 6.45) is 3.61. The van der Waals surface area contributed by atoms with Crippen molar-refractivity contribution in [3.8, 4) is 5.88 Å². The van der Waals surface area contributed by atoms with Gasteiger partial charge in [0.1, 0.15) is 0 Å². The largest absolute Gasteiger partial charge is 0.480 e. The van der Waals surface area contributed by atoms with Gasteiger partial charge in [0.25, 0.3) is 0 Å². The lowest BCUT2D eigenvalue weighted by Crippen LogP contribution is -2.08. The van der Waals surface area contributed by atoms with Crippen LogP contribution in [0.1, 0.15) is 5.89 Å². The Kier molecular flexibility index (Phi) is 3.86. The van der Waals surface area contributed by atoms with E-state index in [1.165, 1.54) is 6.33 Å². The molecule has 0 amide bonds. The molecule has 0 fully saturated rings. The maximum atomic E-state index is 5.06. The average molecular weight is 300 g/mol. The first-order chi connectivity index (χ1) is 8.29. The van der Waals surface area contributed by atoms with Gasteiger partial charge in [-0.1, -0.05) is 5.16 Å². The van der Waals surface area contributed by atoms with E-state index in [1.54, 1.807) is 13.3 Å². The van der Waals surface area contributed by atoms with Gasteiger partial charge in [-0.2, -0.15) is 9.97 Å². The molecule has 0 saturated carbocycles. The van der Waals surface area contributed by atoms with Crippen molar-refractivity contribution in [3.63, 3.8) is 0 Å². The standard InChI is InChI=1S/C9H10BrN5O2/c1-16-8-6(10)4-12-9(15-8)11-3-2-7-13-5-14-17-7/h4-5H,2-3H2,1H3,(H,11,12,15). The van der Waals surface area contributed by atoms with Gasteiger partial charge in [0.15, 0.2) is 6.33 Å². The Morgan fingerprint density at radius 3 is 3.06 bits per heavy atom. The normalized spacial score (nSPS) is 10.2. The van der Waals surface area contributed by atoms with E-state index in [0.29, 0.717) is 35.2 Å². The molecule has 0 bridgehead atoms. The number of nitrogens with one attached hydrogen (secondary N) is 1. The number of ether oxygens (including phenoxy) is 1. The molecule has 0 unspecified atom stereocenters. The van der Waals surface area contributed by atoms with Crippen molar-refractivity contribution in [3.05, 3.63) is 22.9 Å². The fourth-order valence-corrected chi connectivity index (χ4v) is 1.52. The van der Waals surface area contributed by atoms with Crippen LogP contribution < -0.4 is 10.1 Å². The van der Waals surface area contributed by atoms with Crippen LogP contribution in [0.25, 0.3) is 0 Å². The summed E-state index contributed by atoms with van der Waals surface area (Å²) in [6.45, 7) is 0.604. The van der Waals surface area contributed by atoms with Gasteiger partial charge >= 0.3 is 0 Å². The van der Waals surface area contributed by atoms with Gasteiger partial charge in [0, 0.05) is 13.0 Å². The first-order valence-electron chi connectivity index (χ1n) is 4.85. The first kappa shape index (κ1) is 11.8. The summed E-state index contributed by atoms with van der Waals surface area (Å²) < 4.78 is 10.6. The minimum atomic E-state index is 0.486. The Balaban J connectivity index is 1.90. The van der Waals surface area contributed by atoms with Gasteiger partial charge in [0.2, 0.25) is 17.7 Å². The van der Waals surface area contributed by atoms with Crippen molar-refractivity contribution in [1.29, 1.82) is 0 Å². The van der Waals surface area contributed by atoms with Gasteiger partial charge in [-0.05, 0) is 15.9 Å². The second kappa shape index (κ2) is 5.58. The number of rotatable bonds is 5. The molecule has 2 heterocycles. The van der Waals surface area contributed by atoms with Crippen molar-refractivity contribution in [2.45, 2.75) is 6.42 Å². The van der Waals surface area contributed by atoms with E-state index in [4.69, 9.17) is 9.26 Å². The third-order valence-electron chi connectivity index (χ3n) is 1.93. The smallest absolute Gasteiger partial charge is 0.232 e. The van der Waals surface area contributed by atoms with Gasteiger partial charge in [-0.15, -0.1) is 0 Å². The van der Waals surface area contributed by atoms with Crippen LogP contribution in [0.15, 0.2) is 21.5 Å². The summed E-state index contributed by atoms with van der Waals surface area (Å²) in [5.74, 6) is 1.55. The molecule has 0 saturated heterocycles. The molecule has 8 heteroatoms. The molecule has 2 aromatic heterocycles. The Labute approximate surface area is 106 Å². The van der Waals surface area contributed by atoms with Crippen LogP contribution in [0.4, 0.5) is 5.95 Å². The molecule has 0 radical (unpaired) electrons. The third-order valence-corrected chi connectivity index (χ3v) is 2.48. The van der Waals surface area contributed by atoms with Gasteiger partial charge in [0.05, 0.1) is 17.8 Å². The molecule has 2 aromatic rings. The van der Waals surface area contributed by atoms with Crippen LogP contribution in [0.5, 0.6) is 5.88 Å². The SMILES string of the molecule is COc1nc(NCCc2ncno2)ncc1Br. The minimum absolute atomic E-state index is 0.486. The third kappa shape index (κ3) is 3.13. The maximum absolute atomic E-state index is 5.06. The van der Waals surface area contributed by atoms with E-state index < -0.39 is 0 Å². The molecule has 7 nitrogen and oxygen atoms in total. The predicted octanol–water partition coefficient (Wildman–Crippen LogP) is 1.29. The van der Waals surface area contributed by atoms with Gasteiger partial charge in [-0.3, -0.25) is 0 Å². The Bertz CT molecular complexity index is 476. The predicted molar refractivity (Wildman–Crippen MR) is 62.8 cm³/mol. The summed E-state index contributed by atoms with van der Waals surface area (Å²) in [6, 6.07) is 0. The number of anilines is 1. The fourth-order valence-electron chi connectivity index (χ4n) is 1.17. The molecule has 2 rings (SSSR count). The molecule has 0 aliphatic heterocycles. The lowest BCUT2D eigenvalue weighted by Gasteiger charge is -2.05. The summed E-state index contributed by atoms with van der Waals surface area (Å²) in [4.78, 5) is 12.1. The summed E-state index contributed by atoms with van der Waals surface area (Å²) >= 11 is 3.28. The quantitative estimate of drug-likeness (QED) is 0.890. The van der Waals surface area contributed by atoms with E-state index in [-0.39, 0.29) is 0 Å². The van der Waals surface area contributed by atoms with Crippen LogP contribution in [-0.4, -0.2) is 33.8 Å². The molecule has 1 N–H and O–H groups in total. The highest BCUT2D eigenvalue weighted by Crippen LogP contribution is 2.21. The fraction of sp³-hybridized carbons (Fsp3) is 0.333. The molecule has 17 heavy (non-hydrogen) atoms. The van der Waals surface area contributed by atoms with E-state index in [0.717, 1.165) is 0 Å². The molecule has 0 atom stereocenters. The summed E-state index contributed by atoms with van der Waals surface area (Å²) in [5, 5.41) is 6.55. The zero-order chi connectivity index (χ0) is 12.1. The highest BCUT2D eigenvalue weighted by Gasteiger charge is 2.05. The molecular formula is C9H10BrN5O2. The average Bonchev–Trinajstić information content (AvgIpc) is 2.84. The van der Waals surface area contributed by atoms with Crippen LogP contribution in [-0.2, 0) is 6.42 Å². The van der Waals surface area contributed by atoms with Crippen molar-refractivity contribution >= 4 is 21.9 Å². The zero-order valence-corrected chi connectivity index (χ0v) is 10.6. The molecule has 0 aliphatic rings. The second-order valence-electron chi connectivity index (χ2n) is 3.06. The molecule has 0 aliphatic carbocycles. The monoisotopic (exact) mass is 299 g/mol. The van der Waals surface area contributed by atoms with Gasteiger partial charge in [-0.25, -0.2) is 4.98 Å². The maximum Gasteiger partial charge on any atom is 0.232 e. The lowest BCUT2D eigenvalue weighted by molar-refractivity contribution is 0.379. The van der Waals surface area contributed by atoms with Gasteiger partial charge < -0.3 is 14.6 Å². The van der Waals surface area contributed by atoms with Crippen LogP contribution in [0.2, 0.25) is 0 Å². The van der Waals surface area contributed by atoms with E-state index >= 15 is 0 Å². The Hall–Kier alpha value is -1.70. The molecule has 90 valence electrons. The number of aromatic nitrogens is 4. The van der Waals surface area contributed by atoms with Crippen molar-refractivity contribution in [1.82, 2.24) is 20.1 Å². The molecule has 0 aromatic carbocycles. The van der Waals surface area contributed by atoms with Crippen LogP contribution in [0.3, 0.4) is 0 Å². The highest BCUT2D eigenvalue weighted by atomic mass is 79.9. The summed E-state index contributed by atoms with van der Waals surface area (Å²) in [7, 11) is 1.55. The highest BCUT2D eigenvalue weighted by molar-refractivity contribution is 9.10. The Morgan fingerprint density at radius 1 is 1.47 bits per heavy atom. The van der Waals surface area contributed by atoms with Crippen LogP contribution >= 0.6 is 15.9 Å². The lowest BCUT2D eigenvalue weighted by atomic mass is 10.4. The Morgan fingerprint density at radius 2 is 2.35 bits per heavy atom. The molecular weight excluding hydrogens is 290 g/mol. The van der Waals surface area contributed by atoms with E-state index in [9.17, 15) is 0 Å².